The first kappa shape index (κ1) is 36.7. The number of para-hydroxylation sites is 1. The van der Waals surface area contributed by atoms with Gasteiger partial charge < -0.3 is 19.3 Å². The van der Waals surface area contributed by atoms with Gasteiger partial charge in [-0.15, -0.1) is 0 Å². The molecule has 0 saturated heterocycles. The van der Waals surface area contributed by atoms with E-state index in [0.717, 1.165) is 68.7 Å². The Kier molecular flexibility index (Phi) is 11.2. The molecule has 57 heavy (non-hydrogen) atoms. The third kappa shape index (κ3) is 8.67. The van der Waals surface area contributed by atoms with Crippen molar-refractivity contribution in [1.82, 2.24) is 0 Å². The number of fused-ring (bicyclic) bond motifs is 1. The highest BCUT2D eigenvalue weighted by atomic mass is 16.5. The Bertz CT molecular complexity index is 2540. The minimum absolute atomic E-state index is 0.490. The molecule has 0 bridgehead atoms. The summed E-state index contributed by atoms with van der Waals surface area (Å²) >= 11 is 0. The summed E-state index contributed by atoms with van der Waals surface area (Å²) in [5.41, 5.74) is 10.8. The fourth-order valence-electron chi connectivity index (χ4n) is 7.00. The summed E-state index contributed by atoms with van der Waals surface area (Å²) in [5, 5.41) is 2.36. The highest BCUT2D eigenvalue weighted by Gasteiger charge is 2.18. The number of anilines is 6. The Balaban J connectivity index is 1.08. The topological polar surface area (TPSA) is 24.9 Å². The molecule has 0 fully saturated rings. The number of ether oxygens (including phenoxy) is 2. The number of nitrogens with zero attached hydrogens (tertiary/aromatic N) is 2. The lowest BCUT2D eigenvalue weighted by Gasteiger charge is -2.29. The van der Waals surface area contributed by atoms with Crippen LogP contribution in [0.15, 0.2) is 225 Å². The standard InChI is InChI=1S/C53H44N2O2/c1-3-40-12-10-13-42(23-20-40)38-56-51-36-32-49(33-37-51)55(53-19-11-15-44-14-8-9-18-52(44)53)48-28-26-46(27-29-48)54(45-16-6-5-7-17-45)47-30-34-50(35-31-47)57-39-43-24-21-41(4-2)22-25-43/h3-11,13-37H,1-2,12,38-39H2. The number of hydrogen-bond acceptors (Lipinski definition) is 4. The molecule has 1 aliphatic carbocycles. The van der Waals surface area contributed by atoms with Crippen LogP contribution in [0.4, 0.5) is 34.1 Å². The first-order chi connectivity index (χ1) is 28.1. The summed E-state index contributed by atoms with van der Waals surface area (Å²) in [5.74, 6) is 1.63. The highest BCUT2D eigenvalue weighted by Crippen LogP contribution is 2.42. The molecule has 8 rings (SSSR count). The van der Waals surface area contributed by atoms with Gasteiger partial charge >= 0.3 is 0 Å². The number of benzene rings is 7. The van der Waals surface area contributed by atoms with Crippen molar-refractivity contribution in [2.24, 2.45) is 0 Å². The Labute approximate surface area is 335 Å². The van der Waals surface area contributed by atoms with E-state index in [2.05, 4.69) is 199 Å². The van der Waals surface area contributed by atoms with Gasteiger partial charge in [-0.25, -0.2) is 0 Å². The van der Waals surface area contributed by atoms with Crippen molar-refractivity contribution in [3.05, 3.63) is 236 Å². The molecule has 4 heteroatoms. The van der Waals surface area contributed by atoms with Gasteiger partial charge in [-0.05, 0) is 125 Å². The van der Waals surface area contributed by atoms with Crippen molar-refractivity contribution in [2.45, 2.75) is 13.0 Å². The van der Waals surface area contributed by atoms with Gasteiger partial charge in [0.15, 0.2) is 0 Å². The zero-order valence-electron chi connectivity index (χ0n) is 31.9. The van der Waals surface area contributed by atoms with Gasteiger partial charge in [0.25, 0.3) is 0 Å². The van der Waals surface area contributed by atoms with Crippen LogP contribution in [-0.4, -0.2) is 6.61 Å². The first-order valence-corrected chi connectivity index (χ1v) is 19.2. The lowest BCUT2D eigenvalue weighted by Crippen LogP contribution is -2.12. The predicted molar refractivity (Wildman–Crippen MR) is 240 cm³/mol. The maximum absolute atomic E-state index is 6.25. The van der Waals surface area contributed by atoms with E-state index in [-0.39, 0.29) is 0 Å². The predicted octanol–water partition coefficient (Wildman–Crippen LogP) is 14.4. The highest BCUT2D eigenvalue weighted by molar-refractivity contribution is 5.99. The van der Waals surface area contributed by atoms with Crippen molar-refractivity contribution >= 4 is 51.0 Å². The smallest absolute Gasteiger partial charge is 0.119 e. The lowest BCUT2D eigenvalue weighted by molar-refractivity contribution is 0.306. The average Bonchev–Trinajstić information content (AvgIpc) is 3.52. The molecular weight excluding hydrogens is 697 g/mol. The Hall–Kier alpha value is -7.30. The third-order valence-corrected chi connectivity index (χ3v) is 10.1. The maximum Gasteiger partial charge on any atom is 0.119 e. The monoisotopic (exact) mass is 740 g/mol. The molecule has 0 aromatic heterocycles. The molecule has 7 aromatic rings. The van der Waals surface area contributed by atoms with E-state index in [0.29, 0.717) is 13.2 Å². The molecule has 0 atom stereocenters. The van der Waals surface area contributed by atoms with Gasteiger partial charge in [-0.1, -0.05) is 128 Å². The van der Waals surface area contributed by atoms with E-state index in [1.54, 1.807) is 0 Å². The van der Waals surface area contributed by atoms with E-state index in [9.17, 15) is 0 Å². The zero-order chi connectivity index (χ0) is 38.8. The molecular formula is C53H44N2O2. The van der Waals surface area contributed by atoms with E-state index >= 15 is 0 Å². The minimum atomic E-state index is 0.490. The number of rotatable bonds is 14. The van der Waals surface area contributed by atoms with Crippen LogP contribution in [0.1, 0.15) is 17.5 Å². The zero-order valence-corrected chi connectivity index (χ0v) is 31.9. The molecule has 278 valence electrons. The molecule has 0 unspecified atom stereocenters. The second-order valence-electron chi connectivity index (χ2n) is 13.8. The summed E-state index contributed by atoms with van der Waals surface area (Å²) < 4.78 is 12.4. The SMILES string of the molecule is C=CC1=CC=C(COc2ccc(N(c3ccc(N(c4ccccc4)c4ccc(OCc5ccc(C=C)cc5)cc4)cc3)c3cccc4ccccc34)cc2)C=CC1. The van der Waals surface area contributed by atoms with Crippen LogP contribution in [0.3, 0.4) is 0 Å². The largest absolute Gasteiger partial charge is 0.489 e. The van der Waals surface area contributed by atoms with Crippen LogP contribution in [0.5, 0.6) is 11.5 Å². The molecule has 0 radical (unpaired) electrons. The first-order valence-electron chi connectivity index (χ1n) is 19.2. The summed E-state index contributed by atoms with van der Waals surface area (Å²) in [4.78, 5) is 4.58. The van der Waals surface area contributed by atoms with Crippen molar-refractivity contribution < 1.29 is 9.47 Å². The molecule has 7 aromatic carbocycles. The summed E-state index contributed by atoms with van der Waals surface area (Å²) in [6, 6.07) is 59.2. The van der Waals surface area contributed by atoms with Crippen LogP contribution in [-0.2, 0) is 6.61 Å². The van der Waals surface area contributed by atoms with Crippen LogP contribution in [0.2, 0.25) is 0 Å². The summed E-state index contributed by atoms with van der Waals surface area (Å²) in [6.45, 7) is 8.74. The molecule has 4 nitrogen and oxygen atoms in total. The van der Waals surface area contributed by atoms with Crippen LogP contribution in [0, 0.1) is 0 Å². The molecule has 1 aliphatic rings. The number of allylic oxidation sites excluding steroid dienone is 5. The van der Waals surface area contributed by atoms with Crippen LogP contribution in [0.25, 0.3) is 16.8 Å². The molecule has 0 saturated carbocycles. The summed E-state index contributed by atoms with van der Waals surface area (Å²) in [6.07, 6.45) is 13.1. The Morgan fingerprint density at radius 1 is 0.491 bits per heavy atom. The van der Waals surface area contributed by atoms with Crippen LogP contribution >= 0.6 is 0 Å². The molecule has 0 heterocycles. The van der Waals surface area contributed by atoms with Crippen molar-refractivity contribution in [3.8, 4) is 11.5 Å². The van der Waals surface area contributed by atoms with E-state index in [1.807, 2.05) is 30.4 Å². The quantitative estimate of drug-likeness (QED) is 0.111. The van der Waals surface area contributed by atoms with Gasteiger partial charge in [0.2, 0.25) is 0 Å². The number of hydrogen-bond donors (Lipinski definition) is 0. The molecule has 0 amide bonds. The van der Waals surface area contributed by atoms with Crippen molar-refractivity contribution in [2.75, 3.05) is 16.4 Å². The van der Waals surface area contributed by atoms with Crippen molar-refractivity contribution in [3.63, 3.8) is 0 Å². The van der Waals surface area contributed by atoms with Gasteiger partial charge in [0.05, 0.1) is 5.69 Å². The van der Waals surface area contributed by atoms with E-state index < -0.39 is 0 Å². The van der Waals surface area contributed by atoms with Gasteiger partial charge in [0, 0.05) is 33.8 Å². The van der Waals surface area contributed by atoms with Gasteiger partial charge in [0.1, 0.15) is 24.7 Å². The van der Waals surface area contributed by atoms with E-state index in [1.165, 1.54) is 16.3 Å². The van der Waals surface area contributed by atoms with Gasteiger partial charge in [-0.3, -0.25) is 0 Å². The Morgan fingerprint density at radius 2 is 1.05 bits per heavy atom. The third-order valence-electron chi connectivity index (χ3n) is 10.1. The van der Waals surface area contributed by atoms with Gasteiger partial charge in [-0.2, -0.15) is 0 Å². The normalized spacial score (nSPS) is 12.2. The fourth-order valence-corrected chi connectivity index (χ4v) is 7.00. The Morgan fingerprint density at radius 3 is 1.70 bits per heavy atom. The fraction of sp³-hybridized carbons (Fsp3) is 0.0566. The molecule has 0 spiro atoms. The van der Waals surface area contributed by atoms with E-state index in [4.69, 9.17) is 9.47 Å². The minimum Gasteiger partial charge on any atom is -0.489 e. The summed E-state index contributed by atoms with van der Waals surface area (Å²) in [7, 11) is 0. The molecule has 0 N–H and O–H groups in total. The second kappa shape index (κ2) is 17.4. The second-order valence-corrected chi connectivity index (χ2v) is 13.8. The van der Waals surface area contributed by atoms with Crippen LogP contribution < -0.4 is 19.3 Å². The average molecular weight is 741 g/mol. The maximum atomic E-state index is 6.25. The lowest BCUT2D eigenvalue weighted by atomic mass is 10.1. The van der Waals surface area contributed by atoms with Crippen molar-refractivity contribution in [1.29, 1.82) is 0 Å². The molecule has 0 aliphatic heterocycles.